The van der Waals surface area contributed by atoms with Gasteiger partial charge in [0.1, 0.15) is 0 Å². The highest BCUT2D eigenvalue weighted by atomic mass is 16.4. The van der Waals surface area contributed by atoms with E-state index in [0.29, 0.717) is 13.0 Å². The van der Waals surface area contributed by atoms with Crippen LogP contribution in [0.15, 0.2) is 30.3 Å². The molecule has 5 nitrogen and oxygen atoms in total. The maximum Gasteiger partial charge on any atom is 0.404 e. The zero-order valence-electron chi connectivity index (χ0n) is 9.76. The van der Waals surface area contributed by atoms with Crippen molar-refractivity contribution in [2.75, 3.05) is 13.6 Å². The lowest BCUT2D eigenvalue weighted by molar-refractivity contribution is 0.119. The minimum atomic E-state index is -1.12. The quantitative estimate of drug-likeness (QED) is 0.580. The molecule has 1 aromatic rings. The number of rotatable bonds is 6. The molecule has 0 saturated carbocycles. The third-order valence-electron chi connectivity index (χ3n) is 2.49. The third kappa shape index (κ3) is 4.84. The van der Waals surface area contributed by atoms with Gasteiger partial charge in [-0.1, -0.05) is 30.3 Å². The highest BCUT2D eigenvalue weighted by Gasteiger charge is 2.20. The minimum Gasteiger partial charge on any atom is -0.465 e. The van der Waals surface area contributed by atoms with Crippen molar-refractivity contribution < 1.29 is 15.0 Å². The molecule has 0 aliphatic carbocycles. The van der Waals surface area contributed by atoms with Gasteiger partial charge in [-0.3, -0.25) is 0 Å². The number of nitrogens with one attached hydrogen (secondary N) is 2. The number of aliphatic hydroxyl groups is 1. The van der Waals surface area contributed by atoms with Crippen molar-refractivity contribution in [2.24, 2.45) is 0 Å². The molecule has 1 unspecified atom stereocenters. The number of carboxylic acid groups (broad SMARTS) is 1. The van der Waals surface area contributed by atoms with Crippen LogP contribution in [-0.2, 0) is 6.42 Å². The van der Waals surface area contributed by atoms with Crippen molar-refractivity contribution in [3.05, 3.63) is 35.9 Å². The van der Waals surface area contributed by atoms with Gasteiger partial charge in [0.25, 0.3) is 0 Å². The van der Waals surface area contributed by atoms with Gasteiger partial charge < -0.3 is 20.8 Å². The highest BCUT2D eigenvalue weighted by molar-refractivity contribution is 5.65. The zero-order chi connectivity index (χ0) is 12.7. The van der Waals surface area contributed by atoms with Crippen molar-refractivity contribution in [3.63, 3.8) is 0 Å². The number of hydrogen-bond donors (Lipinski definition) is 4. The fourth-order valence-corrected chi connectivity index (χ4v) is 1.66. The van der Waals surface area contributed by atoms with Crippen LogP contribution < -0.4 is 10.6 Å². The molecule has 0 spiro atoms. The number of carbonyl (C=O) groups is 1. The van der Waals surface area contributed by atoms with Gasteiger partial charge in [0.15, 0.2) is 0 Å². The second-order valence-electron chi connectivity index (χ2n) is 3.87. The van der Waals surface area contributed by atoms with E-state index in [4.69, 9.17) is 5.11 Å². The first kappa shape index (κ1) is 13.5. The van der Waals surface area contributed by atoms with Gasteiger partial charge in [0.05, 0.1) is 12.1 Å². The van der Waals surface area contributed by atoms with Gasteiger partial charge in [-0.15, -0.1) is 0 Å². The van der Waals surface area contributed by atoms with Crippen LogP contribution in [0, 0.1) is 0 Å². The zero-order valence-corrected chi connectivity index (χ0v) is 9.76. The number of aliphatic hydroxyl groups excluding tert-OH is 1. The van der Waals surface area contributed by atoms with E-state index in [2.05, 4.69) is 10.6 Å². The summed E-state index contributed by atoms with van der Waals surface area (Å²) in [4.78, 5) is 10.7. The molecular formula is C12H18N2O3. The van der Waals surface area contributed by atoms with Gasteiger partial charge in [0, 0.05) is 6.54 Å². The normalized spacial score (nSPS) is 14.0. The topological polar surface area (TPSA) is 81.6 Å². The third-order valence-corrected chi connectivity index (χ3v) is 2.49. The summed E-state index contributed by atoms with van der Waals surface area (Å²) in [5, 5.41) is 23.7. The van der Waals surface area contributed by atoms with Crippen molar-refractivity contribution in [2.45, 2.75) is 18.6 Å². The Morgan fingerprint density at radius 3 is 2.53 bits per heavy atom. The number of benzene rings is 1. The molecule has 0 bridgehead atoms. The van der Waals surface area contributed by atoms with Gasteiger partial charge in [-0.25, -0.2) is 4.79 Å². The minimum absolute atomic E-state index is 0.345. The number of amides is 1. The van der Waals surface area contributed by atoms with E-state index in [9.17, 15) is 9.90 Å². The molecular weight excluding hydrogens is 220 g/mol. The summed E-state index contributed by atoms with van der Waals surface area (Å²) < 4.78 is 0. The Balaban J connectivity index is 2.66. The largest absolute Gasteiger partial charge is 0.465 e. The summed E-state index contributed by atoms with van der Waals surface area (Å²) >= 11 is 0. The lowest BCUT2D eigenvalue weighted by Crippen LogP contribution is -2.47. The first-order valence-corrected chi connectivity index (χ1v) is 5.49. The molecule has 0 heterocycles. The maximum absolute atomic E-state index is 10.7. The van der Waals surface area contributed by atoms with Crippen LogP contribution in [0.3, 0.4) is 0 Å². The predicted molar refractivity (Wildman–Crippen MR) is 65.0 cm³/mol. The molecule has 0 aliphatic heterocycles. The van der Waals surface area contributed by atoms with Crippen LogP contribution in [0.4, 0.5) is 4.79 Å². The first-order chi connectivity index (χ1) is 8.13. The van der Waals surface area contributed by atoms with Gasteiger partial charge in [-0.2, -0.15) is 0 Å². The predicted octanol–water partition coefficient (Wildman–Crippen LogP) is 0.446. The summed E-state index contributed by atoms with van der Waals surface area (Å²) in [5.74, 6) is 0. The average Bonchev–Trinajstić information content (AvgIpc) is 2.29. The molecule has 1 rings (SSSR count). The van der Waals surface area contributed by atoms with Crippen molar-refractivity contribution in [1.29, 1.82) is 0 Å². The molecule has 0 aliphatic rings. The Labute approximate surface area is 100 Å². The monoisotopic (exact) mass is 238 g/mol. The fraction of sp³-hybridized carbons (Fsp3) is 0.417. The van der Waals surface area contributed by atoms with Crippen molar-refractivity contribution >= 4 is 6.09 Å². The molecule has 4 N–H and O–H groups in total. The van der Waals surface area contributed by atoms with E-state index in [1.54, 1.807) is 7.05 Å². The Hall–Kier alpha value is -1.59. The van der Waals surface area contributed by atoms with Gasteiger partial charge in [-0.05, 0) is 19.0 Å². The Morgan fingerprint density at radius 2 is 2.00 bits per heavy atom. The van der Waals surface area contributed by atoms with E-state index in [0.717, 1.165) is 5.56 Å². The molecule has 0 fully saturated rings. The standard InChI is InChI=1S/C12H18N2O3/c1-13-8-11(15)10(14-12(16)17)7-9-5-3-2-4-6-9/h2-6,10-11,13-15H,7-8H2,1H3,(H,16,17)/t10?,11-/m1/s1. The highest BCUT2D eigenvalue weighted by Crippen LogP contribution is 2.06. The smallest absolute Gasteiger partial charge is 0.404 e. The molecule has 0 saturated heterocycles. The Morgan fingerprint density at radius 1 is 1.35 bits per heavy atom. The molecule has 5 heteroatoms. The molecule has 1 aromatic carbocycles. The molecule has 2 atom stereocenters. The summed E-state index contributed by atoms with van der Waals surface area (Å²) in [6.45, 7) is 0.345. The SMILES string of the molecule is CNC[C@@H](O)C(Cc1ccccc1)NC(=O)O. The van der Waals surface area contributed by atoms with E-state index in [1.807, 2.05) is 30.3 Å². The summed E-state index contributed by atoms with van der Waals surface area (Å²) in [6.07, 6.45) is -1.41. The van der Waals surface area contributed by atoms with Crippen LogP contribution in [0.2, 0.25) is 0 Å². The summed E-state index contributed by atoms with van der Waals surface area (Å²) in [6, 6.07) is 8.97. The lowest BCUT2D eigenvalue weighted by Gasteiger charge is -2.22. The van der Waals surface area contributed by atoms with E-state index < -0.39 is 18.2 Å². The van der Waals surface area contributed by atoms with Crippen molar-refractivity contribution in [1.82, 2.24) is 10.6 Å². The van der Waals surface area contributed by atoms with E-state index in [1.165, 1.54) is 0 Å². The Kier molecular flexibility index (Phi) is 5.45. The molecule has 94 valence electrons. The van der Waals surface area contributed by atoms with Crippen LogP contribution in [0.5, 0.6) is 0 Å². The number of likely N-dealkylation sites (N-methyl/N-ethyl adjacent to an activating group) is 1. The van der Waals surface area contributed by atoms with E-state index in [-0.39, 0.29) is 0 Å². The van der Waals surface area contributed by atoms with Crippen LogP contribution in [0.1, 0.15) is 5.56 Å². The maximum atomic E-state index is 10.7. The molecule has 0 radical (unpaired) electrons. The second-order valence-corrected chi connectivity index (χ2v) is 3.87. The second kappa shape index (κ2) is 6.88. The van der Waals surface area contributed by atoms with E-state index >= 15 is 0 Å². The number of hydrogen-bond acceptors (Lipinski definition) is 3. The lowest BCUT2D eigenvalue weighted by atomic mass is 10.0. The first-order valence-electron chi connectivity index (χ1n) is 5.49. The molecule has 0 aromatic heterocycles. The summed E-state index contributed by atoms with van der Waals surface area (Å²) in [5.41, 5.74) is 0.987. The van der Waals surface area contributed by atoms with Crippen LogP contribution >= 0.6 is 0 Å². The van der Waals surface area contributed by atoms with Crippen LogP contribution in [0.25, 0.3) is 0 Å². The van der Waals surface area contributed by atoms with Gasteiger partial charge in [0.2, 0.25) is 0 Å². The molecule has 17 heavy (non-hydrogen) atoms. The van der Waals surface area contributed by atoms with Gasteiger partial charge >= 0.3 is 6.09 Å². The average molecular weight is 238 g/mol. The Bertz CT molecular complexity index is 343. The molecule has 1 amide bonds. The summed E-state index contributed by atoms with van der Waals surface area (Å²) in [7, 11) is 1.71. The fourth-order valence-electron chi connectivity index (χ4n) is 1.66. The van der Waals surface area contributed by atoms with Crippen molar-refractivity contribution in [3.8, 4) is 0 Å². The van der Waals surface area contributed by atoms with Crippen LogP contribution in [-0.4, -0.2) is 42.0 Å².